The van der Waals surface area contributed by atoms with Crippen molar-refractivity contribution in [3.8, 4) is 0 Å². The largest absolute Gasteiger partial charge is 0.366 e. The van der Waals surface area contributed by atoms with E-state index in [9.17, 15) is 17.6 Å². The number of carbonyl (C=O) groups excluding carboxylic acids is 1. The van der Waals surface area contributed by atoms with Gasteiger partial charge in [0.1, 0.15) is 6.67 Å². The van der Waals surface area contributed by atoms with Gasteiger partial charge in [0.2, 0.25) is 0 Å². The first-order chi connectivity index (χ1) is 15.2. The molecular weight excluding hydrogens is 451 g/mol. The highest BCUT2D eigenvalue weighted by atomic mass is 32.2. The number of anilines is 2. The third-order valence-corrected chi connectivity index (χ3v) is 7.73. The van der Waals surface area contributed by atoms with Gasteiger partial charge in [0.15, 0.2) is 5.13 Å². The minimum atomic E-state index is -3.90. The topological polar surface area (TPSA) is 105 Å². The van der Waals surface area contributed by atoms with Crippen LogP contribution in [0.2, 0.25) is 0 Å². The highest BCUT2D eigenvalue weighted by molar-refractivity contribution is 7.93. The fourth-order valence-electron chi connectivity index (χ4n) is 3.79. The normalized spacial score (nSPS) is 13.7. The Morgan fingerprint density at radius 3 is 2.72 bits per heavy atom. The van der Waals surface area contributed by atoms with E-state index < -0.39 is 22.6 Å². The van der Waals surface area contributed by atoms with Crippen molar-refractivity contribution in [2.45, 2.75) is 38.4 Å². The van der Waals surface area contributed by atoms with Gasteiger partial charge in [-0.25, -0.2) is 17.8 Å². The molecule has 1 aliphatic rings. The Labute approximate surface area is 190 Å². The van der Waals surface area contributed by atoms with E-state index in [0.29, 0.717) is 36.2 Å². The zero-order valence-corrected chi connectivity index (χ0v) is 19.3. The number of hydrogen-bond donors (Lipinski definition) is 2. The molecular formula is C22H23FN4O3S2. The number of aryl methyl sites for hydroxylation is 2. The smallest absolute Gasteiger partial charge is 0.263 e. The molecule has 4 rings (SSSR count). The molecule has 10 heteroatoms. The van der Waals surface area contributed by atoms with E-state index in [-0.39, 0.29) is 10.0 Å². The van der Waals surface area contributed by atoms with Crippen molar-refractivity contribution in [2.75, 3.05) is 16.2 Å². The van der Waals surface area contributed by atoms with Gasteiger partial charge >= 0.3 is 0 Å². The van der Waals surface area contributed by atoms with Gasteiger partial charge in [-0.15, -0.1) is 0 Å². The van der Waals surface area contributed by atoms with Gasteiger partial charge in [-0.1, -0.05) is 23.5 Å². The lowest BCUT2D eigenvalue weighted by Gasteiger charge is -2.29. The summed E-state index contributed by atoms with van der Waals surface area (Å²) in [5.41, 5.74) is 9.57. The van der Waals surface area contributed by atoms with Crippen LogP contribution in [0.3, 0.4) is 0 Å². The third-order valence-electron chi connectivity index (χ3n) is 5.29. The highest BCUT2D eigenvalue weighted by Gasteiger charge is 2.25. The lowest BCUT2D eigenvalue weighted by atomic mass is 10.1. The molecule has 7 nitrogen and oxygen atoms in total. The number of alkyl halides is 1. The van der Waals surface area contributed by atoms with Crippen LogP contribution >= 0.6 is 11.3 Å². The standard InChI is InChI=1S/C22H23FN4O3S2/c1-13-3-4-17(21(24)28)19(9-13)27-6-5-18-20(12-27)31-22(25-18)26-32(29,30)16-8-14(2)7-15(10-16)11-23/h3-4,7-10H,5-6,11-12H2,1-2H3,(H2,24,28)(H,25,26). The molecule has 2 aromatic carbocycles. The van der Waals surface area contributed by atoms with E-state index in [1.807, 2.05) is 19.1 Å². The second-order valence-electron chi connectivity index (χ2n) is 7.84. The van der Waals surface area contributed by atoms with Crippen LogP contribution in [0.4, 0.5) is 15.2 Å². The average Bonchev–Trinajstić information content (AvgIpc) is 3.13. The number of fused-ring (bicyclic) bond motifs is 1. The molecule has 0 atom stereocenters. The summed E-state index contributed by atoms with van der Waals surface area (Å²) >= 11 is 1.25. The monoisotopic (exact) mass is 474 g/mol. The minimum Gasteiger partial charge on any atom is -0.366 e. The summed E-state index contributed by atoms with van der Waals surface area (Å²) in [5.74, 6) is -0.491. The highest BCUT2D eigenvalue weighted by Crippen LogP contribution is 2.33. The Balaban J connectivity index is 1.59. The average molecular weight is 475 g/mol. The fraction of sp³-hybridized carbons (Fsp3) is 0.273. The summed E-state index contributed by atoms with van der Waals surface area (Å²) in [4.78, 5) is 19.3. The molecule has 0 saturated heterocycles. The predicted octanol–water partition coefficient (Wildman–Crippen LogP) is 3.69. The fourth-order valence-corrected chi connectivity index (χ4v) is 6.20. The third kappa shape index (κ3) is 4.46. The zero-order valence-electron chi connectivity index (χ0n) is 17.7. The number of sulfonamides is 1. The molecule has 0 unspecified atom stereocenters. The molecule has 1 amide bonds. The maximum atomic E-state index is 13.1. The molecule has 168 valence electrons. The SMILES string of the molecule is Cc1cc(CF)cc(S(=O)(=O)Nc2nc3c(s2)CN(c2cc(C)ccc2C(N)=O)CC3)c1. The van der Waals surface area contributed by atoms with Crippen molar-refractivity contribution in [3.63, 3.8) is 0 Å². The molecule has 0 aliphatic carbocycles. The molecule has 3 aromatic rings. The molecule has 3 N–H and O–H groups in total. The van der Waals surface area contributed by atoms with Crippen molar-refractivity contribution < 1.29 is 17.6 Å². The number of rotatable bonds is 6. The van der Waals surface area contributed by atoms with Crippen molar-refractivity contribution >= 4 is 38.1 Å². The maximum Gasteiger partial charge on any atom is 0.263 e. The summed E-state index contributed by atoms with van der Waals surface area (Å²) in [6, 6.07) is 9.94. The molecule has 0 bridgehead atoms. The van der Waals surface area contributed by atoms with E-state index in [2.05, 4.69) is 14.6 Å². The van der Waals surface area contributed by atoms with Crippen LogP contribution in [0.5, 0.6) is 0 Å². The molecule has 1 aromatic heterocycles. The Morgan fingerprint density at radius 1 is 1.22 bits per heavy atom. The first-order valence-electron chi connectivity index (χ1n) is 9.99. The van der Waals surface area contributed by atoms with E-state index in [4.69, 9.17) is 5.73 Å². The number of thiazole rings is 1. The van der Waals surface area contributed by atoms with Gasteiger partial charge < -0.3 is 10.6 Å². The van der Waals surface area contributed by atoms with Gasteiger partial charge in [-0.05, 0) is 54.8 Å². The second-order valence-corrected chi connectivity index (χ2v) is 10.6. The molecule has 0 radical (unpaired) electrons. The number of primary amides is 1. The van der Waals surface area contributed by atoms with E-state index in [1.54, 1.807) is 19.1 Å². The summed E-state index contributed by atoms with van der Waals surface area (Å²) < 4.78 is 41.3. The van der Waals surface area contributed by atoms with E-state index in [0.717, 1.165) is 21.8 Å². The predicted molar refractivity (Wildman–Crippen MR) is 123 cm³/mol. The van der Waals surface area contributed by atoms with Gasteiger partial charge in [0.05, 0.1) is 28.4 Å². The molecule has 1 aliphatic heterocycles. The van der Waals surface area contributed by atoms with E-state index >= 15 is 0 Å². The number of amides is 1. The van der Waals surface area contributed by atoms with Gasteiger partial charge in [0, 0.05) is 17.8 Å². The summed E-state index contributed by atoms with van der Waals surface area (Å²) in [6.07, 6.45) is 0.607. The summed E-state index contributed by atoms with van der Waals surface area (Å²) in [7, 11) is -3.90. The molecule has 0 fully saturated rings. The van der Waals surface area contributed by atoms with Crippen LogP contribution in [0, 0.1) is 13.8 Å². The summed E-state index contributed by atoms with van der Waals surface area (Å²) in [6.45, 7) is 4.06. The Bertz CT molecular complexity index is 1300. The number of hydrogen-bond acceptors (Lipinski definition) is 6. The Morgan fingerprint density at radius 2 is 2.00 bits per heavy atom. The van der Waals surface area contributed by atoms with Crippen LogP contribution in [-0.4, -0.2) is 25.9 Å². The number of aromatic nitrogens is 1. The number of halogens is 1. The number of nitrogens with two attached hydrogens (primary N) is 1. The molecule has 0 saturated carbocycles. The number of nitrogens with zero attached hydrogens (tertiary/aromatic N) is 2. The lowest BCUT2D eigenvalue weighted by Crippen LogP contribution is -2.31. The van der Waals surface area contributed by atoms with E-state index in [1.165, 1.54) is 23.5 Å². The van der Waals surface area contributed by atoms with Crippen LogP contribution < -0.4 is 15.4 Å². The van der Waals surface area contributed by atoms with Gasteiger partial charge in [0.25, 0.3) is 15.9 Å². The van der Waals surface area contributed by atoms with Crippen molar-refractivity contribution in [1.82, 2.24) is 4.98 Å². The van der Waals surface area contributed by atoms with Crippen molar-refractivity contribution in [2.24, 2.45) is 5.73 Å². The van der Waals surface area contributed by atoms with Crippen LogP contribution in [0.1, 0.15) is 37.6 Å². The summed E-state index contributed by atoms with van der Waals surface area (Å²) in [5, 5.41) is 0.263. The first-order valence-corrected chi connectivity index (χ1v) is 12.3. The van der Waals surface area contributed by atoms with Crippen LogP contribution in [-0.2, 0) is 29.7 Å². The molecule has 2 heterocycles. The molecule has 32 heavy (non-hydrogen) atoms. The number of carbonyl (C=O) groups is 1. The van der Waals surface area contributed by atoms with Crippen molar-refractivity contribution in [3.05, 3.63) is 69.2 Å². The quantitative estimate of drug-likeness (QED) is 0.567. The zero-order chi connectivity index (χ0) is 23.0. The second kappa shape index (κ2) is 8.51. The minimum absolute atomic E-state index is 0.00538. The molecule has 0 spiro atoms. The van der Waals surface area contributed by atoms with Crippen molar-refractivity contribution in [1.29, 1.82) is 0 Å². The van der Waals surface area contributed by atoms with Crippen LogP contribution in [0.25, 0.3) is 0 Å². The van der Waals surface area contributed by atoms with Gasteiger partial charge in [-0.3, -0.25) is 9.52 Å². The maximum absolute atomic E-state index is 13.1. The van der Waals surface area contributed by atoms with Crippen LogP contribution in [0.15, 0.2) is 41.3 Å². The number of nitrogens with one attached hydrogen (secondary N) is 1. The Hall–Kier alpha value is -2.98. The first kappa shape index (κ1) is 22.2. The Kier molecular flexibility index (Phi) is 5.91. The number of benzene rings is 2. The lowest BCUT2D eigenvalue weighted by molar-refractivity contribution is 0.100. The van der Waals surface area contributed by atoms with Gasteiger partial charge in [-0.2, -0.15) is 0 Å².